The number of nitrogens with zero attached hydrogens (tertiary/aromatic N) is 3. The molecule has 5 nitrogen and oxygen atoms in total. The maximum absolute atomic E-state index is 5.18. The lowest BCUT2D eigenvalue weighted by Gasteiger charge is -2.23. The Morgan fingerprint density at radius 3 is 3.00 bits per heavy atom. The van der Waals surface area contributed by atoms with Crippen molar-refractivity contribution in [1.29, 1.82) is 0 Å². The maximum atomic E-state index is 5.18. The van der Waals surface area contributed by atoms with Crippen molar-refractivity contribution in [1.82, 2.24) is 20.1 Å². The van der Waals surface area contributed by atoms with E-state index in [-0.39, 0.29) is 0 Å². The van der Waals surface area contributed by atoms with Gasteiger partial charge in [0.05, 0.1) is 13.2 Å². The van der Waals surface area contributed by atoms with E-state index in [1.165, 1.54) is 11.1 Å². The standard InChI is InChI=1S/C17H22N4O/c1-13(10-14-5-7-15(22-2)8-6-14)11-18-16-4-3-9-21-17(16)19-12-20-21/h5-8,10,12,16,18H,3-4,9,11H2,1-2H3/b13-10+. The van der Waals surface area contributed by atoms with Gasteiger partial charge >= 0.3 is 0 Å². The van der Waals surface area contributed by atoms with Crippen molar-refractivity contribution in [3.05, 3.63) is 47.6 Å². The van der Waals surface area contributed by atoms with Crippen molar-refractivity contribution < 1.29 is 4.74 Å². The summed E-state index contributed by atoms with van der Waals surface area (Å²) in [6, 6.07) is 8.40. The SMILES string of the molecule is COc1ccc(/C=C(\C)CNC2CCCn3ncnc32)cc1. The first kappa shape index (κ1) is 14.8. The molecule has 0 aliphatic carbocycles. The van der Waals surface area contributed by atoms with Crippen molar-refractivity contribution in [2.24, 2.45) is 0 Å². The summed E-state index contributed by atoms with van der Waals surface area (Å²) in [7, 11) is 1.68. The van der Waals surface area contributed by atoms with E-state index in [2.05, 4.69) is 40.5 Å². The number of rotatable bonds is 5. The minimum absolute atomic E-state index is 0.301. The zero-order valence-corrected chi connectivity index (χ0v) is 13.1. The fourth-order valence-corrected chi connectivity index (χ4v) is 2.80. The summed E-state index contributed by atoms with van der Waals surface area (Å²) in [5, 5.41) is 7.85. The molecule has 1 aliphatic rings. The van der Waals surface area contributed by atoms with Crippen LogP contribution in [0.3, 0.4) is 0 Å². The summed E-state index contributed by atoms with van der Waals surface area (Å²) < 4.78 is 7.18. The predicted molar refractivity (Wildman–Crippen MR) is 86.6 cm³/mol. The molecule has 0 radical (unpaired) electrons. The normalized spacial score (nSPS) is 18.1. The topological polar surface area (TPSA) is 52.0 Å². The highest BCUT2D eigenvalue weighted by molar-refractivity contribution is 5.53. The molecule has 1 N–H and O–H groups in total. The van der Waals surface area contributed by atoms with E-state index < -0.39 is 0 Å². The zero-order valence-electron chi connectivity index (χ0n) is 13.1. The molecule has 0 saturated carbocycles. The molecule has 1 aliphatic heterocycles. The number of fused-ring (bicyclic) bond motifs is 1. The van der Waals surface area contributed by atoms with Crippen molar-refractivity contribution in [2.45, 2.75) is 32.4 Å². The largest absolute Gasteiger partial charge is 0.497 e. The van der Waals surface area contributed by atoms with Crippen LogP contribution >= 0.6 is 0 Å². The van der Waals surface area contributed by atoms with Crippen molar-refractivity contribution in [3.63, 3.8) is 0 Å². The first-order valence-electron chi connectivity index (χ1n) is 7.68. The van der Waals surface area contributed by atoms with Crippen LogP contribution in [0.15, 0.2) is 36.2 Å². The van der Waals surface area contributed by atoms with Crippen LogP contribution in [0.25, 0.3) is 6.08 Å². The predicted octanol–water partition coefficient (Wildman–Crippen LogP) is 2.81. The van der Waals surface area contributed by atoms with Crippen LogP contribution in [0.5, 0.6) is 5.75 Å². The summed E-state index contributed by atoms with van der Waals surface area (Å²) in [5.41, 5.74) is 2.48. The Hall–Kier alpha value is -2.14. The number of methoxy groups -OCH3 is 1. The van der Waals surface area contributed by atoms with Crippen LogP contribution in [0, 0.1) is 0 Å². The van der Waals surface area contributed by atoms with Gasteiger partial charge in [-0.05, 0) is 37.5 Å². The Labute approximate surface area is 131 Å². The summed E-state index contributed by atoms with van der Waals surface area (Å²) in [4.78, 5) is 4.38. The first-order valence-corrected chi connectivity index (χ1v) is 7.68. The van der Waals surface area contributed by atoms with E-state index in [9.17, 15) is 0 Å². The molecule has 5 heteroatoms. The number of benzene rings is 1. The highest BCUT2D eigenvalue weighted by Crippen LogP contribution is 2.22. The lowest BCUT2D eigenvalue weighted by molar-refractivity contribution is 0.375. The molecular formula is C17H22N4O. The van der Waals surface area contributed by atoms with E-state index >= 15 is 0 Å². The van der Waals surface area contributed by atoms with E-state index in [4.69, 9.17) is 4.74 Å². The van der Waals surface area contributed by atoms with Crippen LogP contribution in [0.2, 0.25) is 0 Å². The van der Waals surface area contributed by atoms with Gasteiger partial charge in [-0.15, -0.1) is 0 Å². The minimum atomic E-state index is 0.301. The maximum Gasteiger partial charge on any atom is 0.143 e. The van der Waals surface area contributed by atoms with Gasteiger partial charge in [0.2, 0.25) is 0 Å². The third-order valence-corrected chi connectivity index (χ3v) is 3.98. The second-order valence-corrected chi connectivity index (χ2v) is 5.68. The van der Waals surface area contributed by atoms with E-state index in [0.29, 0.717) is 6.04 Å². The summed E-state index contributed by atoms with van der Waals surface area (Å²) >= 11 is 0. The highest BCUT2D eigenvalue weighted by atomic mass is 16.5. The summed E-state index contributed by atoms with van der Waals surface area (Å²) in [5.74, 6) is 1.94. The van der Waals surface area contributed by atoms with E-state index in [1.54, 1.807) is 13.4 Å². The van der Waals surface area contributed by atoms with Gasteiger partial charge in [0, 0.05) is 13.1 Å². The van der Waals surface area contributed by atoms with Crippen molar-refractivity contribution in [3.8, 4) is 5.75 Å². The van der Waals surface area contributed by atoms with Gasteiger partial charge < -0.3 is 10.1 Å². The van der Waals surface area contributed by atoms with Gasteiger partial charge in [-0.3, -0.25) is 0 Å². The average molecular weight is 298 g/mol. The third kappa shape index (κ3) is 3.36. The van der Waals surface area contributed by atoms with Crippen LogP contribution in [0.1, 0.15) is 37.2 Å². The van der Waals surface area contributed by atoms with Gasteiger partial charge in [-0.25, -0.2) is 9.67 Å². The number of aromatic nitrogens is 3. The number of hydrogen-bond donors (Lipinski definition) is 1. The van der Waals surface area contributed by atoms with Crippen molar-refractivity contribution >= 4 is 6.08 Å². The summed E-state index contributed by atoms with van der Waals surface area (Å²) in [6.07, 6.45) is 6.11. The molecule has 1 aromatic carbocycles. The third-order valence-electron chi connectivity index (χ3n) is 3.98. The molecule has 0 fully saturated rings. The van der Waals surface area contributed by atoms with Crippen LogP contribution in [0.4, 0.5) is 0 Å². The van der Waals surface area contributed by atoms with E-state index in [1.807, 2.05) is 16.8 Å². The van der Waals surface area contributed by atoms with Gasteiger partial charge in [0.25, 0.3) is 0 Å². The summed E-state index contributed by atoms with van der Waals surface area (Å²) in [6.45, 7) is 3.97. The lowest BCUT2D eigenvalue weighted by atomic mass is 10.1. The minimum Gasteiger partial charge on any atom is -0.497 e. The van der Waals surface area contributed by atoms with E-state index in [0.717, 1.165) is 37.5 Å². The molecule has 2 heterocycles. The first-order chi connectivity index (χ1) is 10.8. The number of nitrogens with one attached hydrogen (secondary N) is 1. The molecule has 116 valence electrons. The zero-order chi connectivity index (χ0) is 15.4. The number of ether oxygens (including phenoxy) is 1. The van der Waals surface area contributed by atoms with Crippen LogP contribution < -0.4 is 10.1 Å². The lowest BCUT2D eigenvalue weighted by Crippen LogP contribution is -2.29. The van der Waals surface area contributed by atoms with Gasteiger partial charge in [0.1, 0.15) is 17.9 Å². The van der Waals surface area contributed by atoms with Gasteiger partial charge in [0.15, 0.2) is 0 Å². The van der Waals surface area contributed by atoms with Crippen molar-refractivity contribution in [2.75, 3.05) is 13.7 Å². The Morgan fingerprint density at radius 2 is 2.23 bits per heavy atom. The van der Waals surface area contributed by atoms with Gasteiger partial charge in [-0.2, -0.15) is 5.10 Å². The highest BCUT2D eigenvalue weighted by Gasteiger charge is 2.21. The number of hydrogen-bond acceptors (Lipinski definition) is 4. The second-order valence-electron chi connectivity index (χ2n) is 5.68. The molecule has 1 atom stereocenters. The van der Waals surface area contributed by atoms with Crippen LogP contribution in [-0.2, 0) is 6.54 Å². The Balaban J connectivity index is 1.60. The average Bonchev–Trinajstić information content (AvgIpc) is 3.03. The molecule has 3 rings (SSSR count). The molecule has 0 saturated heterocycles. The molecule has 0 amide bonds. The molecule has 1 unspecified atom stereocenters. The smallest absolute Gasteiger partial charge is 0.143 e. The number of aryl methyl sites for hydroxylation is 1. The molecule has 2 aromatic rings. The monoisotopic (exact) mass is 298 g/mol. The quantitative estimate of drug-likeness (QED) is 0.922. The Morgan fingerprint density at radius 1 is 1.41 bits per heavy atom. The Kier molecular flexibility index (Phi) is 4.53. The molecule has 22 heavy (non-hydrogen) atoms. The molecule has 0 spiro atoms. The fourth-order valence-electron chi connectivity index (χ4n) is 2.80. The van der Waals surface area contributed by atoms with Crippen LogP contribution in [-0.4, -0.2) is 28.4 Å². The molecule has 0 bridgehead atoms. The fraction of sp³-hybridized carbons (Fsp3) is 0.412. The second kappa shape index (κ2) is 6.75. The molecular weight excluding hydrogens is 276 g/mol. The van der Waals surface area contributed by atoms with Gasteiger partial charge in [-0.1, -0.05) is 23.8 Å². The Bertz CT molecular complexity index is 645. The molecule has 1 aromatic heterocycles.